The van der Waals surface area contributed by atoms with Gasteiger partial charge in [-0.05, 0) is 28.2 Å². The van der Waals surface area contributed by atoms with Crippen molar-refractivity contribution < 1.29 is 9.53 Å². The number of nitrogens with two attached hydrogens (primary N) is 1. The number of alkyl carbamates (subject to hydrolysis) is 1. The summed E-state index contributed by atoms with van der Waals surface area (Å²) in [4.78, 5) is 12.1. The molecule has 1 atom stereocenters. The Kier molecular flexibility index (Phi) is 4.86. The van der Waals surface area contributed by atoms with E-state index in [4.69, 9.17) is 10.5 Å². The van der Waals surface area contributed by atoms with Gasteiger partial charge < -0.3 is 15.8 Å². The summed E-state index contributed by atoms with van der Waals surface area (Å²) in [6.07, 6.45) is -0.402. The average molecular weight is 324 g/mol. The van der Waals surface area contributed by atoms with E-state index in [1.54, 1.807) is 0 Å². The second-order valence-electron chi connectivity index (χ2n) is 6.56. The van der Waals surface area contributed by atoms with Crippen molar-refractivity contribution in [2.75, 3.05) is 13.2 Å². The molecule has 24 heavy (non-hydrogen) atoms. The molecule has 0 aliphatic heterocycles. The SMILES string of the molecule is CC(C)[C@@H](CN)NC(=O)OCC1c2ccccc2-c2ccccc21. The van der Waals surface area contributed by atoms with E-state index in [2.05, 4.69) is 29.6 Å². The van der Waals surface area contributed by atoms with Crippen LogP contribution in [0.5, 0.6) is 0 Å². The van der Waals surface area contributed by atoms with E-state index in [9.17, 15) is 4.79 Å². The third-order valence-corrected chi connectivity index (χ3v) is 4.71. The summed E-state index contributed by atoms with van der Waals surface area (Å²) in [5.41, 5.74) is 10.6. The largest absolute Gasteiger partial charge is 0.449 e. The molecule has 0 saturated carbocycles. The normalized spacial score (nSPS) is 14.2. The molecule has 1 amide bonds. The lowest BCUT2D eigenvalue weighted by molar-refractivity contribution is 0.136. The summed E-state index contributed by atoms with van der Waals surface area (Å²) in [6, 6.07) is 16.5. The van der Waals surface area contributed by atoms with E-state index in [1.807, 2.05) is 38.1 Å². The Balaban J connectivity index is 1.73. The molecule has 0 unspecified atom stereocenters. The highest BCUT2D eigenvalue weighted by molar-refractivity contribution is 5.79. The number of nitrogens with one attached hydrogen (secondary N) is 1. The summed E-state index contributed by atoms with van der Waals surface area (Å²) in [5, 5.41) is 2.85. The van der Waals surface area contributed by atoms with Crippen LogP contribution in [0.3, 0.4) is 0 Å². The van der Waals surface area contributed by atoms with Crippen LogP contribution in [0.4, 0.5) is 4.79 Å². The van der Waals surface area contributed by atoms with Crippen molar-refractivity contribution >= 4 is 6.09 Å². The number of benzene rings is 2. The number of hydrogen-bond donors (Lipinski definition) is 2. The molecule has 0 fully saturated rings. The van der Waals surface area contributed by atoms with Crippen molar-refractivity contribution in [3.8, 4) is 11.1 Å². The molecule has 1 aliphatic carbocycles. The molecule has 1 aliphatic rings. The van der Waals surface area contributed by atoms with Crippen LogP contribution in [0.25, 0.3) is 11.1 Å². The molecule has 4 heteroatoms. The van der Waals surface area contributed by atoms with Gasteiger partial charge in [0.25, 0.3) is 0 Å². The van der Waals surface area contributed by atoms with Gasteiger partial charge in [-0.15, -0.1) is 0 Å². The number of fused-ring (bicyclic) bond motifs is 3. The van der Waals surface area contributed by atoms with Crippen molar-refractivity contribution in [3.63, 3.8) is 0 Å². The maximum Gasteiger partial charge on any atom is 0.407 e. The molecule has 3 N–H and O–H groups in total. The van der Waals surface area contributed by atoms with Gasteiger partial charge in [-0.3, -0.25) is 0 Å². The van der Waals surface area contributed by atoms with E-state index in [1.165, 1.54) is 22.3 Å². The van der Waals surface area contributed by atoms with E-state index in [0.717, 1.165) is 0 Å². The van der Waals surface area contributed by atoms with Crippen LogP contribution in [-0.4, -0.2) is 25.3 Å². The predicted molar refractivity (Wildman–Crippen MR) is 95.9 cm³/mol. The quantitative estimate of drug-likeness (QED) is 0.884. The van der Waals surface area contributed by atoms with Crippen LogP contribution in [0.15, 0.2) is 48.5 Å². The van der Waals surface area contributed by atoms with Crippen molar-refractivity contribution in [2.24, 2.45) is 11.7 Å². The topological polar surface area (TPSA) is 64.3 Å². The molecular formula is C20H24N2O2. The fraction of sp³-hybridized carbons (Fsp3) is 0.350. The molecule has 0 heterocycles. The first kappa shape index (κ1) is 16.5. The van der Waals surface area contributed by atoms with Crippen LogP contribution in [0.2, 0.25) is 0 Å². The fourth-order valence-electron chi connectivity index (χ4n) is 3.29. The molecule has 0 aromatic heterocycles. The molecule has 0 bridgehead atoms. The van der Waals surface area contributed by atoms with Gasteiger partial charge in [0, 0.05) is 18.5 Å². The summed E-state index contributed by atoms with van der Waals surface area (Å²) >= 11 is 0. The van der Waals surface area contributed by atoms with Crippen LogP contribution >= 0.6 is 0 Å². The van der Waals surface area contributed by atoms with Gasteiger partial charge in [0.1, 0.15) is 6.61 Å². The van der Waals surface area contributed by atoms with Crippen molar-refractivity contribution in [1.29, 1.82) is 0 Å². The van der Waals surface area contributed by atoms with E-state index >= 15 is 0 Å². The van der Waals surface area contributed by atoms with Gasteiger partial charge in [-0.1, -0.05) is 62.4 Å². The van der Waals surface area contributed by atoms with Gasteiger partial charge in [-0.25, -0.2) is 4.79 Å². The Morgan fingerprint density at radius 3 is 2.12 bits per heavy atom. The van der Waals surface area contributed by atoms with E-state index in [-0.39, 0.29) is 17.9 Å². The van der Waals surface area contributed by atoms with Crippen LogP contribution in [0.1, 0.15) is 30.9 Å². The molecule has 3 rings (SSSR count). The highest BCUT2D eigenvalue weighted by Crippen LogP contribution is 2.44. The van der Waals surface area contributed by atoms with E-state index in [0.29, 0.717) is 13.2 Å². The number of ether oxygens (including phenoxy) is 1. The monoisotopic (exact) mass is 324 g/mol. The Hall–Kier alpha value is -2.33. The smallest absolute Gasteiger partial charge is 0.407 e. The highest BCUT2D eigenvalue weighted by Gasteiger charge is 2.29. The van der Waals surface area contributed by atoms with Gasteiger partial charge in [0.05, 0.1) is 0 Å². The summed E-state index contributed by atoms with van der Waals surface area (Å²) < 4.78 is 5.52. The van der Waals surface area contributed by atoms with E-state index < -0.39 is 6.09 Å². The summed E-state index contributed by atoms with van der Waals surface area (Å²) in [7, 11) is 0. The lowest BCUT2D eigenvalue weighted by Gasteiger charge is -2.21. The van der Waals surface area contributed by atoms with Gasteiger partial charge in [0.15, 0.2) is 0 Å². The molecule has 0 radical (unpaired) electrons. The Labute approximate surface area is 143 Å². The Morgan fingerprint density at radius 1 is 1.08 bits per heavy atom. The fourth-order valence-corrected chi connectivity index (χ4v) is 3.29. The zero-order valence-electron chi connectivity index (χ0n) is 14.2. The lowest BCUT2D eigenvalue weighted by atomic mass is 9.98. The maximum atomic E-state index is 12.1. The number of carbonyl (C=O) groups excluding carboxylic acids is 1. The maximum absolute atomic E-state index is 12.1. The minimum atomic E-state index is -0.402. The predicted octanol–water partition coefficient (Wildman–Crippen LogP) is 3.51. The molecular weight excluding hydrogens is 300 g/mol. The second kappa shape index (κ2) is 7.05. The third-order valence-electron chi connectivity index (χ3n) is 4.71. The van der Waals surface area contributed by atoms with Gasteiger partial charge in [-0.2, -0.15) is 0 Å². The summed E-state index contributed by atoms with van der Waals surface area (Å²) in [5.74, 6) is 0.356. The first-order valence-corrected chi connectivity index (χ1v) is 8.43. The van der Waals surface area contributed by atoms with Gasteiger partial charge >= 0.3 is 6.09 Å². The number of amides is 1. The number of hydrogen-bond acceptors (Lipinski definition) is 3. The minimum Gasteiger partial charge on any atom is -0.449 e. The highest BCUT2D eigenvalue weighted by atomic mass is 16.5. The molecule has 126 valence electrons. The number of rotatable bonds is 5. The first-order valence-electron chi connectivity index (χ1n) is 8.43. The van der Waals surface area contributed by atoms with Crippen LogP contribution in [0, 0.1) is 5.92 Å². The molecule has 0 saturated heterocycles. The zero-order chi connectivity index (χ0) is 17.1. The second-order valence-corrected chi connectivity index (χ2v) is 6.56. The number of carbonyl (C=O) groups is 1. The lowest BCUT2D eigenvalue weighted by Crippen LogP contribution is -2.44. The van der Waals surface area contributed by atoms with Crippen LogP contribution < -0.4 is 11.1 Å². The summed E-state index contributed by atoms with van der Waals surface area (Å²) in [6.45, 7) is 4.79. The van der Waals surface area contributed by atoms with Crippen LogP contribution in [-0.2, 0) is 4.74 Å². The molecule has 2 aromatic rings. The standard InChI is InChI=1S/C20H24N2O2/c1-13(2)19(11-21)22-20(23)24-12-18-16-9-5-3-7-14(16)15-8-4-6-10-17(15)18/h3-10,13,18-19H,11-12,21H2,1-2H3,(H,22,23)/t19-/m1/s1. The average Bonchev–Trinajstić information content (AvgIpc) is 2.91. The molecule has 0 spiro atoms. The Morgan fingerprint density at radius 2 is 1.62 bits per heavy atom. The zero-order valence-corrected chi connectivity index (χ0v) is 14.2. The molecule has 4 nitrogen and oxygen atoms in total. The first-order chi connectivity index (χ1) is 11.6. The minimum absolute atomic E-state index is 0.0688. The molecule has 2 aromatic carbocycles. The third kappa shape index (κ3) is 3.15. The van der Waals surface area contributed by atoms with Gasteiger partial charge in [0.2, 0.25) is 0 Å². The Bertz CT molecular complexity index is 682. The van der Waals surface area contributed by atoms with Crippen molar-refractivity contribution in [1.82, 2.24) is 5.32 Å². The van der Waals surface area contributed by atoms with Crippen molar-refractivity contribution in [3.05, 3.63) is 59.7 Å². The van der Waals surface area contributed by atoms with Crippen molar-refractivity contribution in [2.45, 2.75) is 25.8 Å².